The van der Waals surface area contributed by atoms with E-state index in [4.69, 9.17) is 9.47 Å². The van der Waals surface area contributed by atoms with Gasteiger partial charge in [0, 0.05) is 40.5 Å². The first-order valence-electron chi connectivity index (χ1n) is 5.86. The van der Waals surface area contributed by atoms with Gasteiger partial charge in [-0.2, -0.15) is 0 Å². The highest BCUT2D eigenvalue weighted by Crippen LogP contribution is 2.25. The standard InChI is InChI=1S/C12H20BrNO2S/c1-4-15-12(16-5-2)8-14-7-10-6-11(13)9(3)17-10/h6,12,14H,4-5,7-8H2,1-3H3. The van der Waals surface area contributed by atoms with Crippen molar-refractivity contribution in [2.45, 2.75) is 33.6 Å². The Morgan fingerprint density at radius 1 is 1.35 bits per heavy atom. The highest BCUT2D eigenvalue weighted by Gasteiger charge is 2.08. The zero-order chi connectivity index (χ0) is 12.7. The van der Waals surface area contributed by atoms with Gasteiger partial charge in [-0.1, -0.05) is 0 Å². The smallest absolute Gasteiger partial charge is 0.169 e. The predicted molar refractivity (Wildman–Crippen MR) is 75.5 cm³/mol. The first-order chi connectivity index (χ1) is 8.17. The first kappa shape index (κ1) is 15.1. The van der Waals surface area contributed by atoms with E-state index in [0.29, 0.717) is 13.2 Å². The lowest BCUT2D eigenvalue weighted by molar-refractivity contribution is -0.133. The minimum absolute atomic E-state index is 0.144. The van der Waals surface area contributed by atoms with Crippen molar-refractivity contribution in [3.8, 4) is 0 Å². The van der Waals surface area contributed by atoms with Gasteiger partial charge in [-0.15, -0.1) is 11.3 Å². The molecule has 0 aliphatic rings. The number of ether oxygens (including phenoxy) is 2. The Labute approximate surface area is 116 Å². The van der Waals surface area contributed by atoms with Crippen LogP contribution in [0.4, 0.5) is 0 Å². The predicted octanol–water partition coefficient (Wildman–Crippen LogP) is 3.31. The van der Waals surface area contributed by atoms with Crippen molar-refractivity contribution in [1.29, 1.82) is 0 Å². The number of halogens is 1. The Morgan fingerprint density at radius 2 is 2.00 bits per heavy atom. The summed E-state index contributed by atoms with van der Waals surface area (Å²) >= 11 is 5.32. The maximum absolute atomic E-state index is 5.46. The molecule has 0 bridgehead atoms. The first-order valence-corrected chi connectivity index (χ1v) is 7.47. The van der Waals surface area contributed by atoms with Crippen LogP contribution in [0, 0.1) is 6.92 Å². The molecule has 1 heterocycles. The SMILES string of the molecule is CCOC(CNCc1cc(Br)c(C)s1)OCC. The third-order valence-electron chi connectivity index (χ3n) is 2.22. The van der Waals surface area contributed by atoms with Gasteiger partial charge in [0.05, 0.1) is 0 Å². The lowest BCUT2D eigenvalue weighted by Crippen LogP contribution is -2.31. The Balaban J connectivity index is 2.30. The lowest BCUT2D eigenvalue weighted by atomic mass is 10.4. The van der Waals surface area contributed by atoms with Crippen LogP contribution in [-0.2, 0) is 16.0 Å². The Morgan fingerprint density at radius 3 is 2.47 bits per heavy atom. The third-order valence-corrected chi connectivity index (χ3v) is 4.36. The van der Waals surface area contributed by atoms with Crippen LogP contribution in [0.2, 0.25) is 0 Å². The number of nitrogens with one attached hydrogen (secondary N) is 1. The molecule has 0 aromatic carbocycles. The second kappa shape index (κ2) is 8.21. The van der Waals surface area contributed by atoms with Crippen LogP contribution in [0.25, 0.3) is 0 Å². The molecule has 0 atom stereocenters. The van der Waals surface area contributed by atoms with Crippen LogP contribution in [0.5, 0.6) is 0 Å². The van der Waals surface area contributed by atoms with Gasteiger partial charge >= 0.3 is 0 Å². The monoisotopic (exact) mass is 321 g/mol. The summed E-state index contributed by atoms with van der Waals surface area (Å²) in [7, 11) is 0. The van der Waals surface area contributed by atoms with Crippen LogP contribution in [0.3, 0.4) is 0 Å². The molecular formula is C12H20BrNO2S. The molecule has 98 valence electrons. The number of aryl methyl sites for hydroxylation is 1. The average Bonchev–Trinajstić information content (AvgIpc) is 2.59. The molecule has 1 N–H and O–H groups in total. The summed E-state index contributed by atoms with van der Waals surface area (Å²) in [5.41, 5.74) is 0. The third kappa shape index (κ3) is 5.48. The van der Waals surface area contributed by atoms with Gasteiger partial charge in [-0.25, -0.2) is 0 Å². The molecule has 0 aliphatic carbocycles. The van der Waals surface area contributed by atoms with Gasteiger partial charge in [-0.3, -0.25) is 0 Å². The molecule has 0 spiro atoms. The Kier molecular flexibility index (Phi) is 7.30. The van der Waals surface area contributed by atoms with Crippen molar-refractivity contribution in [3.05, 3.63) is 20.3 Å². The van der Waals surface area contributed by atoms with E-state index in [9.17, 15) is 0 Å². The maximum Gasteiger partial charge on any atom is 0.169 e. The van der Waals surface area contributed by atoms with Crippen LogP contribution in [-0.4, -0.2) is 26.0 Å². The summed E-state index contributed by atoms with van der Waals surface area (Å²) in [6, 6.07) is 2.16. The van der Waals surface area contributed by atoms with Gasteiger partial charge in [0.1, 0.15) is 0 Å². The van der Waals surface area contributed by atoms with Gasteiger partial charge in [0.25, 0.3) is 0 Å². The lowest BCUT2D eigenvalue weighted by Gasteiger charge is -2.17. The van der Waals surface area contributed by atoms with Gasteiger partial charge in [-0.05, 0) is 42.8 Å². The van der Waals surface area contributed by atoms with Crippen LogP contribution in [0.1, 0.15) is 23.6 Å². The van der Waals surface area contributed by atoms with Crippen molar-refractivity contribution in [2.75, 3.05) is 19.8 Å². The fourth-order valence-corrected chi connectivity index (χ4v) is 3.03. The molecular weight excluding hydrogens is 302 g/mol. The van der Waals surface area contributed by atoms with Crippen LogP contribution < -0.4 is 5.32 Å². The van der Waals surface area contributed by atoms with Crippen molar-refractivity contribution < 1.29 is 9.47 Å². The van der Waals surface area contributed by atoms with Crippen molar-refractivity contribution in [3.63, 3.8) is 0 Å². The van der Waals surface area contributed by atoms with Gasteiger partial charge in [0.2, 0.25) is 0 Å². The van der Waals surface area contributed by atoms with E-state index in [1.807, 2.05) is 13.8 Å². The van der Waals surface area contributed by atoms with Gasteiger partial charge < -0.3 is 14.8 Å². The molecule has 1 aromatic heterocycles. The normalized spacial score (nSPS) is 11.4. The highest BCUT2D eigenvalue weighted by molar-refractivity contribution is 9.10. The molecule has 0 saturated heterocycles. The average molecular weight is 322 g/mol. The van der Waals surface area contributed by atoms with E-state index in [1.54, 1.807) is 11.3 Å². The Hall–Kier alpha value is 0.0600. The van der Waals surface area contributed by atoms with Crippen molar-refractivity contribution >= 4 is 27.3 Å². The summed E-state index contributed by atoms with van der Waals surface area (Å²) in [6.45, 7) is 9.00. The molecule has 0 unspecified atom stereocenters. The maximum atomic E-state index is 5.46. The largest absolute Gasteiger partial charge is 0.352 e. The van der Waals surface area contributed by atoms with Gasteiger partial charge in [0.15, 0.2) is 6.29 Å². The number of thiophene rings is 1. The zero-order valence-electron chi connectivity index (χ0n) is 10.6. The van der Waals surface area contributed by atoms with E-state index in [1.165, 1.54) is 14.2 Å². The summed E-state index contributed by atoms with van der Waals surface area (Å²) < 4.78 is 12.1. The number of hydrogen-bond donors (Lipinski definition) is 1. The molecule has 1 aromatic rings. The number of rotatable bonds is 8. The summed E-state index contributed by atoms with van der Waals surface area (Å²) in [6.07, 6.45) is -0.144. The highest BCUT2D eigenvalue weighted by atomic mass is 79.9. The molecule has 0 amide bonds. The summed E-state index contributed by atoms with van der Waals surface area (Å²) in [5.74, 6) is 0. The molecule has 3 nitrogen and oxygen atoms in total. The minimum atomic E-state index is -0.144. The van der Waals surface area contributed by atoms with E-state index in [2.05, 4.69) is 34.2 Å². The second-order valence-corrected chi connectivity index (χ2v) is 5.78. The van der Waals surface area contributed by atoms with E-state index < -0.39 is 0 Å². The number of hydrogen-bond acceptors (Lipinski definition) is 4. The Bertz CT molecular complexity index is 305. The molecule has 0 radical (unpaired) electrons. The van der Waals surface area contributed by atoms with E-state index >= 15 is 0 Å². The quantitative estimate of drug-likeness (QED) is 0.745. The second-order valence-electron chi connectivity index (χ2n) is 3.59. The minimum Gasteiger partial charge on any atom is -0.352 e. The van der Waals surface area contributed by atoms with Crippen molar-refractivity contribution in [2.24, 2.45) is 0 Å². The van der Waals surface area contributed by atoms with Crippen LogP contribution in [0.15, 0.2) is 10.5 Å². The fraction of sp³-hybridized carbons (Fsp3) is 0.667. The molecule has 0 saturated carbocycles. The molecule has 5 heteroatoms. The molecule has 0 aliphatic heterocycles. The summed E-state index contributed by atoms with van der Waals surface area (Å²) in [5, 5.41) is 3.35. The molecule has 17 heavy (non-hydrogen) atoms. The zero-order valence-corrected chi connectivity index (χ0v) is 13.0. The fourth-order valence-electron chi connectivity index (χ4n) is 1.46. The summed E-state index contributed by atoms with van der Waals surface area (Å²) in [4.78, 5) is 2.63. The molecule has 1 rings (SSSR count). The van der Waals surface area contributed by atoms with Crippen LogP contribution >= 0.6 is 27.3 Å². The topological polar surface area (TPSA) is 30.5 Å². The van der Waals surface area contributed by atoms with E-state index in [0.717, 1.165) is 13.1 Å². The molecule has 0 fully saturated rings. The van der Waals surface area contributed by atoms with E-state index in [-0.39, 0.29) is 6.29 Å². The van der Waals surface area contributed by atoms with Crippen molar-refractivity contribution in [1.82, 2.24) is 5.32 Å².